The van der Waals surface area contributed by atoms with Gasteiger partial charge in [0.05, 0.1) is 30.0 Å². The van der Waals surface area contributed by atoms with Gasteiger partial charge in [-0.15, -0.1) is 0 Å². The Bertz CT molecular complexity index is 2440. The zero-order valence-corrected chi connectivity index (χ0v) is 30.9. The van der Waals surface area contributed by atoms with Crippen LogP contribution in [0.15, 0.2) is 175 Å². The summed E-state index contributed by atoms with van der Waals surface area (Å²) < 4.78 is 17.6. The number of benzodiazepines with no additional fused rings is 1. The standard InChI is InChI=1S/C47H39FN6O2/c1-32-26-33(2)28-37(27-32)50-46(56)52-44-45(55)54(42-25-15-13-23-40(42)43(51-44)39-22-12-14-24-41(39)48)30-38-29-53(31-49-38)47(34-16-6-3-7-17-34,35-18-8-4-9-19-35)36-20-10-5-11-21-36/h3-29,31,44H,30H2,1-2H3,(H2,50,52,56)/t44-/m0/s1. The number of rotatable bonds is 9. The van der Waals surface area contributed by atoms with Crippen LogP contribution >= 0.6 is 0 Å². The minimum Gasteiger partial charge on any atom is -0.319 e. The van der Waals surface area contributed by atoms with Crippen molar-refractivity contribution < 1.29 is 14.0 Å². The number of carbonyl (C=O) groups excluding carboxylic acids is 2. The van der Waals surface area contributed by atoms with Gasteiger partial charge in [0.15, 0.2) is 0 Å². The van der Waals surface area contributed by atoms with E-state index in [9.17, 15) is 9.59 Å². The fourth-order valence-corrected chi connectivity index (χ4v) is 7.67. The molecule has 0 saturated heterocycles. The van der Waals surface area contributed by atoms with Gasteiger partial charge in [0, 0.05) is 23.0 Å². The van der Waals surface area contributed by atoms with Crippen LogP contribution < -0.4 is 15.5 Å². The van der Waals surface area contributed by atoms with E-state index in [4.69, 9.17) is 9.98 Å². The number of aliphatic imine (C=N–C) groups is 1. The molecule has 2 heterocycles. The zero-order valence-electron chi connectivity index (χ0n) is 30.9. The Morgan fingerprint density at radius 3 is 1.84 bits per heavy atom. The highest BCUT2D eigenvalue weighted by Crippen LogP contribution is 2.41. The molecule has 56 heavy (non-hydrogen) atoms. The summed E-state index contributed by atoms with van der Waals surface area (Å²) in [5.74, 6) is -1.01. The number of imidazole rings is 1. The third-order valence-corrected chi connectivity index (χ3v) is 10.0. The Labute approximate surface area is 325 Å². The van der Waals surface area contributed by atoms with Crippen LogP contribution in [0, 0.1) is 19.7 Å². The Morgan fingerprint density at radius 2 is 1.25 bits per heavy atom. The van der Waals surface area contributed by atoms with E-state index in [0.717, 1.165) is 27.8 Å². The summed E-state index contributed by atoms with van der Waals surface area (Å²) in [6.45, 7) is 3.92. The third-order valence-electron chi connectivity index (χ3n) is 10.0. The second-order valence-corrected chi connectivity index (χ2v) is 13.9. The molecule has 8 nitrogen and oxygen atoms in total. The summed E-state index contributed by atoms with van der Waals surface area (Å²) in [6.07, 6.45) is 2.36. The highest BCUT2D eigenvalue weighted by molar-refractivity contribution is 6.20. The lowest BCUT2D eigenvalue weighted by atomic mass is 9.77. The highest BCUT2D eigenvalue weighted by atomic mass is 19.1. The molecule has 2 N–H and O–H groups in total. The van der Waals surface area contributed by atoms with Crippen molar-refractivity contribution in [1.29, 1.82) is 0 Å². The lowest BCUT2D eigenvalue weighted by Crippen LogP contribution is -2.48. The van der Waals surface area contributed by atoms with Crippen LogP contribution in [0.3, 0.4) is 0 Å². The van der Waals surface area contributed by atoms with Gasteiger partial charge in [0.2, 0.25) is 6.17 Å². The van der Waals surface area contributed by atoms with Crippen LogP contribution in [0.25, 0.3) is 0 Å². The van der Waals surface area contributed by atoms with E-state index in [1.165, 1.54) is 6.07 Å². The maximum Gasteiger partial charge on any atom is 0.321 e. The molecule has 276 valence electrons. The molecule has 0 bridgehead atoms. The van der Waals surface area contributed by atoms with Crippen molar-refractivity contribution in [2.45, 2.75) is 32.1 Å². The van der Waals surface area contributed by atoms with Crippen molar-refractivity contribution >= 4 is 29.0 Å². The highest BCUT2D eigenvalue weighted by Gasteiger charge is 2.39. The number of nitrogens with zero attached hydrogens (tertiary/aromatic N) is 4. The van der Waals surface area contributed by atoms with Crippen molar-refractivity contribution in [3.05, 3.63) is 221 Å². The van der Waals surface area contributed by atoms with Gasteiger partial charge in [-0.3, -0.25) is 4.79 Å². The number of aryl methyl sites for hydroxylation is 2. The summed E-state index contributed by atoms with van der Waals surface area (Å²) in [7, 11) is 0. The number of amides is 3. The molecule has 1 atom stereocenters. The van der Waals surface area contributed by atoms with Crippen LogP contribution in [-0.2, 0) is 16.9 Å². The molecule has 9 heteroatoms. The topological polar surface area (TPSA) is 91.6 Å². The molecule has 8 rings (SSSR count). The Hall–Kier alpha value is -7.13. The lowest BCUT2D eigenvalue weighted by molar-refractivity contribution is -0.120. The average Bonchev–Trinajstić information content (AvgIpc) is 3.65. The number of benzene rings is 6. The van der Waals surface area contributed by atoms with Gasteiger partial charge < -0.3 is 20.1 Å². The first-order valence-electron chi connectivity index (χ1n) is 18.4. The lowest BCUT2D eigenvalue weighted by Gasteiger charge is -2.37. The van der Waals surface area contributed by atoms with Crippen molar-refractivity contribution in [2.24, 2.45) is 4.99 Å². The summed E-state index contributed by atoms with van der Waals surface area (Å²) >= 11 is 0. The molecule has 7 aromatic rings. The van der Waals surface area contributed by atoms with E-state index in [1.807, 2.05) is 111 Å². The maximum absolute atomic E-state index is 15.5. The van der Waals surface area contributed by atoms with Gasteiger partial charge in [0.25, 0.3) is 5.91 Å². The van der Waals surface area contributed by atoms with E-state index in [2.05, 4.69) is 51.6 Å². The minimum absolute atomic E-state index is 0.0360. The molecule has 0 saturated carbocycles. The average molecular weight is 739 g/mol. The van der Waals surface area contributed by atoms with E-state index in [-0.39, 0.29) is 17.8 Å². The number of fused-ring (bicyclic) bond motifs is 1. The normalized spacial score (nSPS) is 14.1. The fourth-order valence-electron chi connectivity index (χ4n) is 7.67. The van der Waals surface area contributed by atoms with E-state index in [0.29, 0.717) is 22.6 Å². The molecule has 0 unspecified atom stereocenters. The van der Waals surface area contributed by atoms with Crippen molar-refractivity contribution in [1.82, 2.24) is 14.9 Å². The van der Waals surface area contributed by atoms with E-state index in [1.54, 1.807) is 35.5 Å². The monoisotopic (exact) mass is 738 g/mol. The summed E-state index contributed by atoms with van der Waals surface area (Å²) in [4.78, 5) is 39.6. The van der Waals surface area contributed by atoms with Gasteiger partial charge in [0.1, 0.15) is 11.4 Å². The van der Waals surface area contributed by atoms with Gasteiger partial charge in [-0.1, -0.05) is 127 Å². The number of aromatic nitrogens is 2. The van der Waals surface area contributed by atoms with Crippen LogP contribution in [0.1, 0.15) is 44.6 Å². The number of hydrogen-bond donors (Lipinski definition) is 2. The molecule has 0 fully saturated rings. The predicted molar refractivity (Wildman–Crippen MR) is 218 cm³/mol. The van der Waals surface area contributed by atoms with Crippen LogP contribution in [-0.4, -0.2) is 33.4 Å². The molecular formula is C47H39FN6O2. The molecule has 6 aromatic carbocycles. The molecular weight excluding hydrogens is 700 g/mol. The summed E-state index contributed by atoms with van der Waals surface area (Å²) in [6, 6.07) is 49.4. The largest absolute Gasteiger partial charge is 0.321 e. The quantitative estimate of drug-likeness (QED) is 0.145. The Kier molecular flexibility index (Phi) is 9.81. The van der Waals surface area contributed by atoms with E-state index >= 15 is 4.39 Å². The van der Waals surface area contributed by atoms with Crippen LogP contribution in [0.4, 0.5) is 20.6 Å². The molecule has 3 amide bonds. The number of para-hydroxylation sites is 1. The van der Waals surface area contributed by atoms with Crippen molar-refractivity contribution in [3.63, 3.8) is 0 Å². The first kappa shape index (κ1) is 35.9. The van der Waals surface area contributed by atoms with Crippen LogP contribution in [0.2, 0.25) is 0 Å². The van der Waals surface area contributed by atoms with Gasteiger partial charge >= 0.3 is 6.03 Å². The zero-order chi connectivity index (χ0) is 38.6. The Balaban J connectivity index is 1.23. The number of urea groups is 1. The minimum atomic E-state index is -1.40. The fraction of sp³-hybridized carbons (Fsp3) is 0.106. The summed E-state index contributed by atoms with van der Waals surface area (Å²) in [5.41, 5.74) is 6.88. The maximum atomic E-state index is 15.5. The number of nitrogens with one attached hydrogen (secondary N) is 2. The number of carbonyl (C=O) groups is 2. The second-order valence-electron chi connectivity index (χ2n) is 13.9. The predicted octanol–water partition coefficient (Wildman–Crippen LogP) is 9.01. The molecule has 0 aliphatic carbocycles. The number of anilines is 2. The van der Waals surface area contributed by atoms with Crippen molar-refractivity contribution in [2.75, 3.05) is 10.2 Å². The van der Waals surface area contributed by atoms with Crippen molar-refractivity contribution in [3.8, 4) is 0 Å². The third kappa shape index (κ3) is 6.86. The Morgan fingerprint density at radius 1 is 0.714 bits per heavy atom. The molecule has 1 aliphatic rings. The van der Waals surface area contributed by atoms with Crippen LogP contribution in [0.5, 0.6) is 0 Å². The first-order valence-corrected chi connectivity index (χ1v) is 18.4. The second kappa shape index (κ2) is 15.3. The SMILES string of the molecule is Cc1cc(C)cc(NC(=O)N[C@@H]2N=C(c3ccccc3F)c3ccccc3N(Cc3cn(C(c4ccccc4)(c4ccccc4)c4ccccc4)cn3)C2=O)c1. The molecule has 1 aliphatic heterocycles. The van der Waals surface area contributed by atoms with E-state index < -0.39 is 29.5 Å². The van der Waals surface area contributed by atoms with Gasteiger partial charge in [-0.2, -0.15) is 0 Å². The van der Waals surface area contributed by atoms with Gasteiger partial charge in [-0.25, -0.2) is 19.2 Å². The number of hydrogen-bond acceptors (Lipinski definition) is 4. The molecule has 0 radical (unpaired) electrons. The number of halogens is 1. The van der Waals surface area contributed by atoms with Gasteiger partial charge in [-0.05, 0) is 72.0 Å². The summed E-state index contributed by atoms with van der Waals surface area (Å²) in [5, 5.41) is 5.63. The smallest absolute Gasteiger partial charge is 0.319 e. The first-order chi connectivity index (χ1) is 27.3. The molecule has 0 spiro atoms. The molecule has 1 aromatic heterocycles.